The summed E-state index contributed by atoms with van der Waals surface area (Å²) < 4.78 is 0. The summed E-state index contributed by atoms with van der Waals surface area (Å²) in [6.07, 6.45) is 1.63. The molecule has 0 radical (unpaired) electrons. The Hall–Kier alpha value is -1.56. The lowest BCUT2D eigenvalue weighted by Gasteiger charge is -2.18. The molecule has 0 aromatic carbocycles. The van der Waals surface area contributed by atoms with Gasteiger partial charge in [0.15, 0.2) is 5.69 Å². The first-order chi connectivity index (χ1) is 6.65. The second-order valence-electron chi connectivity index (χ2n) is 3.69. The summed E-state index contributed by atoms with van der Waals surface area (Å²) in [4.78, 5) is 3.99. The maximum absolute atomic E-state index is 8.82. The van der Waals surface area contributed by atoms with Crippen LogP contribution in [0.25, 0.3) is 0 Å². The fraction of sp³-hybridized carbons (Fsp3) is 0.455. The average Bonchev–Trinajstić information content (AvgIpc) is 2.18. The van der Waals surface area contributed by atoms with Gasteiger partial charge in [0.05, 0.1) is 5.69 Å². The Bertz CT molecular complexity index is 339. The second kappa shape index (κ2) is 4.61. The van der Waals surface area contributed by atoms with Crippen LogP contribution >= 0.6 is 0 Å². The van der Waals surface area contributed by atoms with Crippen LogP contribution in [0.15, 0.2) is 18.3 Å². The number of anilines is 1. The maximum Gasteiger partial charge on any atom is 0.163 e. The topological polar surface area (TPSA) is 48.7 Å². The van der Waals surface area contributed by atoms with Gasteiger partial charge in [0.25, 0.3) is 0 Å². The van der Waals surface area contributed by atoms with Crippen molar-refractivity contribution in [3.63, 3.8) is 0 Å². The zero-order valence-electron chi connectivity index (χ0n) is 8.78. The van der Waals surface area contributed by atoms with Gasteiger partial charge in [-0.3, -0.25) is 0 Å². The van der Waals surface area contributed by atoms with Crippen LogP contribution in [0.4, 0.5) is 5.69 Å². The van der Waals surface area contributed by atoms with Gasteiger partial charge in [0.2, 0.25) is 0 Å². The van der Waals surface area contributed by atoms with Crippen molar-refractivity contribution < 1.29 is 0 Å². The Morgan fingerprint density at radius 3 is 2.71 bits per heavy atom. The molecule has 1 N–H and O–H groups in total. The smallest absolute Gasteiger partial charge is 0.163 e. The van der Waals surface area contributed by atoms with Crippen LogP contribution in [0.2, 0.25) is 0 Å². The van der Waals surface area contributed by atoms with Gasteiger partial charge in [-0.25, -0.2) is 4.98 Å². The van der Waals surface area contributed by atoms with Crippen LogP contribution in [-0.2, 0) is 0 Å². The first-order valence-corrected chi connectivity index (χ1v) is 4.76. The van der Waals surface area contributed by atoms with Crippen molar-refractivity contribution in [1.29, 1.82) is 5.26 Å². The van der Waals surface area contributed by atoms with E-state index in [-0.39, 0.29) is 0 Å². The third-order valence-corrected chi connectivity index (χ3v) is 2.30. The van der Waals surface area contributed by atoms with Crippen molar-refractivity contribution in [1.82, 2.24) is 4.98 Å². The van der Waals surface area contributed by atoms with E-state index in [2.05, 4.69) is 37.1 Å². The molecule has 0 aliphatic carbocycles. The third-order valence-electron chi connectivity index (χ3n) is 2.30. The van der Waals surface area contributed by atoms with E-state index >= 15 is 0 Å². The molecular weight excluding hydrogens is 174 g/mol. The molecule has 0 spiro atoms. The first kappa shape index (κ1) is 10.5. The molecule has 3 heteroatoms. The molecule has 0 amide bonds. The number of hydrogen-bond donors (Lipinski definition) is 1. The van der Waals surface area contributed by atoms with Crippen molar-refractivity contribution in [2.24, 2.45) is 5.92 Å². The Kier molecular flexibility index (Phi) is 3.47. The van der Waals surface area contributed by atoms with Gasteiger partial charge in [-0.15, -0.1) is 0 Å². The Morgan fingerprint density at radius 2 is 2.14 bits per heavy atom. The highest BCUT2D eigenvalue weighted by Crippen LogP contribution is 2.14. The van der Waals surface area contributed by atoms with Crippen LogP contribution in [0.5, 0.6) is 0 Å². The summed E-state index contributed by atoms with van der Waals surface area (Å²) in [7, 11) is 0. The predicted octanol–water partition coefficient (Wildman–Crippen LogP) is 2.41. The summed E-state index contributed by atoms with van der Waals surface area (Å²) in [6.45, 7) is 6.37. The minimum atomic E-state index is 0.339. The van der Waals surface area contributed by atoms with E-state index in [1.54, 1.807) is 6.20 Å². The monoisotopic (exact) mass is 189 g/mol. The van der Waals surface area contributed by atoms with E-state index in [0.29, 0.717) is 17.7 Å². The molecule has 1 aromatic heterocycles. The standard InChI is InChI=1S/C11H15N3/c1-8(2)9(3)14-10-5-4-6-13-11(10)7-12/h4-6,8-9,14H,1-3H3. The molecule has 0 bridgehead atoms. The van der Waals surface area contributed by atoms with Gasteiger partial charge >= 0.3 is 0 Å². The summed E-state index contributed by atoms with van der Waals surface area (Å²) in [6, 6.07) is 6.11. The van der Waals surface area contributed by atoms with E-state index in [4.69, 9.17) is 5.26 Å². The number of hydrogen-bond acceptors (Lipinski definition) is 3. The molecule has 0 saturated heterocycles. The highest BCUT2D eigenvalue weighted by atomic mass is 14.9. The molecule has 3 nitrogen and oxygen atoms in total. The van der Waals surface area contributed by atoms with Gasteiger partial charge < -0.3 is 5.32 Å². The third kappa shape index (κ3) is 2.46. The zero-order valence-corrected chi connectivity index (χ0v) is 8.78. The number of aromatic nitrogens is 1. The summed E-state index contributed by atoms with van der Waals surface area (Å²) in [5.74, 6) is 0.529. The van der Waals surface area contributed by atoms with Gasteiger partial charge in [-0.2, -0.15) is 5.26 Å². The van der Waals surface area contributed by atoms with Crippen molar-refractivity contribution in [3.8, 4) is 6.07 Å². The molecule has 0 saturated carbocycles. The van der Waals surface area contributed by atoms with Crippen molar-refractivity contribution in [2.75, 3.05) is 5.32 Å². The van der Waals surface area contributed by atoms with Crippen LogP contribution in [0, 0.1) is 17.2 Å². The second-order valence-corrected chi connectivity index (χ2v) is 3.69. The fourth-order valence-electron chi connectivity index (χ4n) is 1.02. The molecule has 1 rings (SSSR count). The molecule has 0 aliphatic heterocycles. The van der Waals surface area contributed by atoms with Crippen molar-refractivity contribution >= 4 is 5.69 Å². The van der Waals surface area contributed by atoms with Crippen molar-refractivity contribution in [3.05, 3.63) is 24.0 Å². The largest absolute Gasteiger partial charge is 0.380 e. The summed E-state index contributed by atoms with van der Waals surface area (Å²) in [5.41, 5.74) is 1.27. The highest BCUT2D eigenvalue weighted by molar-refractivity contribution is 5.53. The van der Waals surface area contributed by atoms with Crippen LogP contribution in [0.1, 0.15) is 26.5 Å². The number of nitriles is 1. The van der Waals surface area contributed by atoms with E-state index in [0.717, 1.165) is 5.69 Å². The lowest BCUT2D eigenvalue weighted by Crippen LogP contribution is -2.22. The SMILES string of the molecule is CC(C)C(C)Nc1cccnc1C#N. The fourth-order valence-corrected chi connectivity index (χ4v) is 1.02. The summed E-state index contributed by atoms with van der Waals surface area (Å²) in [5, 5.41) is 12.1. The minimum Gasteiger partial charge on any atom is -0.380 e. The molecule has 1 atom stereocenters. The first-order valence-electron chi connectivity index (χ1n) is 4.76. The van der Waals surface area contributed by atoms with E-state index < -0.39 is 0 Å². The molecule has 74 valence electrons. The summed E-state index contributed by atoms with van der Waals surface area (Å²) >= 11 is 0. The maximum atomic E-state index is 8.82. The molecule has 0 fully saturated rings. The van der Waals surface area contributed by atoms with Gasteiger partial charge in [0, 0.05) is 12.2 Å². The Labute approximate surface area is 84.8 Å². The average molecular weight is 189 g/mol. The molecule has 1 aromatic rings. The van der Waals surface area contributed by atoms with Gasteiger partial charge in [0.1, 0.15) is 6.07 Å². The van der Waals surface area contributed by atoms with E-state index in [1.807, 2.05) is 12.1 Å². The normalized spacial score (nSPS) is 12.2. The van der Waals surface area contributed by atoms with Gasteiger partial charge in [-0.1, -0.05) is 13.8 Å². The van der Waals surface area contributed by atoms with Crippen LogP contribution < -0.4 is 5.32 Å². The Morgan fingerprint density at radius 1 is 1.43 bits per heavy atom. The number of nitrogens with one attached hydrogen (secondary N) is 1. The number of rotatable bonds is 3. The number of nitrogens with zero attached hydrogens (tertiary/aromatic N) is 2. The van der Waals surface area contributed by atoms with Crippen LogP contribution in [-0.4, -0.2) is 11.0 Å². The molecule has 0 aliphatic rings. The lowest BCUT2D eigenvalue weighted by molar-refractivity contribution is 0.559. The number of pyridine rings is 1. The van der Waals surface area contributed by atoms with Gasteiger partial charge in [-0.05, 0) is 25.0 Å². The predicted molar refractivity (Wildman–Crippen MR) is 56.9 cm³/mol. The minimum absolute atomic E-state index is 0.339. The van der Waals surface area contributed by atoms with E-state index in [9.17, 15) is 0 Å². The molecular formula is C11H15N3. The highest BCUT2D eigenvalue weighted by Gasteiger charge is 2.09. The zero-order chi connectivity index (χ0) is 10.6. The molecule has 1 heterocycles. The molecule has 14 heavy (non-hydrogen) atoms. The Balaban J connectivity index is 2.82. The van der Waals surface area contributed by atoms with E-state index in [1.165, 1.54) is 0 Å². The molecule has 1 unspecified atom stereocenters. The lowest BCUT2D eigenvalue weighted by atomic mass is 10.1. The van der Waals surface area contributed by atoms with Crippen molar-refractivity contribution in [2.45, 2.75) is 26.8 Å². The van der Waals surface area contributed by atoms with Crippen LogP contribution in [0.3, 0.4) is 0 Å². The quantitative estimate of drug-likeness (QED) is 0.794.